The molecule has 0 amide bonds. The lowest BCUT2D eigenvalue weighted by atomic mass is 9.41. The number of hydrogen-bond donors (Lipinski definition) is 9. The van der Waals surface area contributed by atoms with Gasteiger partial charge in [0.05, 0.1) is 46.9 Å². The Morgan fingerprint density at radius 3 is 2.26 bits per heavy atom. The fourth-order valence-electron chi connectivity index (χ4n) is 12.1. The molecule has 1 aromatic carbocycles. The molecule has 3 heterocycles. The van der Waals surface area contributed by atoms with E-state index in [4.69, 9.17) is 23.4 Å². The van der Waals surface area contributed by atoms with Crippen molar-refractivity contribution in [3.8, 4) is 0 Å². The van der Waals surface area contributed by atoms with Crippen molar-refractivity contribution in [1.29, 1.82) is 0 Å². The molecule has 2 aromatic rings. The van der Waals surface area contributed by atoms with E-state index in [0.717, 1.165) is 5.56 Å². The highest BCUT2D eigenvalue weighted by Crippen LogP contribution is 2.71. The van der Waals surface area contributed by atoms with Crippen LogP contribution in [0.5, 0.6) is 0 Å². The van der Waals surface area contributed by atoms with Crippen molar-refractivity contribution >= 4 is 17.6 Å². The molecule has 18 atom stereocenters. The van der Waals surface area contributed by atoms with E-state index in [-0.39, 0.29) is 36.3 Å². The summed E-state index contributed by atoms with van der Waals surface area (Å²) in [5.41, 5.74) is -0.217. The number of aliphatic hydroxyl groups is 8. The minimum atomic E-state index is -1.74. The normalized spacial score (nSPS) is 46.1. The van der Waals surface area contributed by atoms with Crippen LogP contribution in [0.25, 0.3) is 0 Å². The van der Waals surface area contributed by atoms with Crippen molar-refractivity contribution in [3.63, 3.8) is 0 Å². The third-order valence-corrected chi connectivity index (χ3v) is 15.4. The highest BCUT2D eigenvalue weighted by Gasteiger charge is 2.71. The Kier molecular flexibility index (Phi) is 12.0. The van der Waals surface area contributed by atoms with Crippen molar-refractivity contribution in [2.45, 2.75) is 156 Å². The van der Waals surface area contributed by atoms with Crippen LogP contribution in [0.4, 0.5) is 11.4 Å². The smallest absolute Gasteiger partial charge is 0.335 e. The van der Waals surface area contributed by atoms with Crippen molar-refractivity contribution in [1.82, 2.24) is 0 Å². The van der Waals surface area contributed by atoms with Crippen LogP contribution < -0.4 is 11.1 Å². The zero-order chi connectivity index (χ0) is 43.6. The molecule has 4 saturated carbocycles. The number of nitrogens with zero attached hydrogens (tertiary/aromatic N) is 2. The number of hydrogen-bond acceptors (Lipinski definition) is 18. The monoisotopic (exact) mass is 859 g/mol. The van der Waals surface area contributed by atoms with E-state index in [1.165, 1.54) is 36.6 Å². The van der Waals surface area contributed by atoms with Crippen LogP contribution in [0.15, 0.2) is 57.0 Å². The van der Waals surface area contributed by atoms with Gasteiger partial charge in [0, 0.05) is 41.7 Å². The second kappa shape index (κ2) is 16.6. The lowest BCUT2D eigenvalue weighted by Crippen LogP contribution is -2.69. The number of benzene rings is 1. The van der Waals surface area contributed by atoms with Gasteiger partial charge in [-0.05, 0) is 99.8 Å². The molecular formula is C42H57N3O16. The number of ether oxygens (including phenoxy) is 4. The first kappa shape index (κ1) is 44.2. The first-order valence-corrected chi connectivity index (χ1v) is 21.2. The van der Waals surface area contributed by atoms with Gasteiger partial charge >= 0.3 is 5.63 Å². The molecule has 6 fully saturated rings. The Labute approximate surface area is 351 Å². The lowest BCUT2D eigenvalue weighted by Gasteiger charge is -2.66. The molecule has 6 unspecified atom stereocenters. The van der Waals surface area contributed by atoms with Crippen LogP contribution in [0.2, 0.25) is 0 Å². The standard InChI is InChI=1S/C42H57N3O16/c1-21-36(61-38-34(51)32(49)31(48)29(18-46)60-38)33(50)35(52)37(58-21)59-25-9-14-40(20-43-44-23-4-6-24(7-5-23)45(55)56)27-10-13-39(2)26(22-3-8-30(47)57-19-22)12-16-42(39,54)28(27)11-15-41(40,53)17-25/h3-8,19-21,25-29,31-38,44,46,48-54H,9-18H2,1-2H3/b43-20+/t21?,25-,26+,27-,28+,29?,31+,32?,33?,34?,35?,36-,37-,38-,39+,40-,41-,42-/m0/s1. The number of nitro groups is 1. The number of fused-ring (bicyclic) bond motifs is 5. The molecule has 0 radical (unpaired) electrons. The molecule has 2 saturated heterocycles. The summed E-state index contributed by atoms with van der Waals surface area (Å²) in [6.07, 6.45) is -8.10. The summed E-state index contributed by atoms with van der Waals surface area (Å²) in [5.74, 6) is -0.502. The summed E-state index contributed by atoms with van der Waals surface area (Å²) in [6.45, 7) is 2.98. The fourth-order valence-corrected chi connectivity index (χ4v) is 12.1. The van der Waals surface area contributed by atoms with Gasteiger partial charge < -0.3 is 64.2 Å². The molecule has 8 rings (SSSR count). The van der Waals surface area contributed by atoms with Gasteiger partial charge in [-0.15, -0.1) is 0 Å². The van der Waals surface area contributed by atoms with Gasteiger partial charge in [0.15, 0.2) is 12.6 Å². The largest absolute Gasteiger partial charge is 0.431 e. The molecule has 9 N–H and O–H groups in total. The van der Waals surface area contributed by atoms with Crippen LogP contribution in [0.3, 0.4) is 0 Å². The number of aliphatic hydroxyl groups excluding tert-OH is 6. The van der Waals surface area contributed by atoms with Gasteiger partial charge in [-0.25, -0.2) is 4.79 Å². The zero-order valence-electron chi connectivity index (χ0n) is 34.0. The van der Waals surface area contributed by atoms with Crippen molar-refractivity contribution < 1.29 is 69.1 Å². The van der Waals surface area contributed by atoms with Crippen LogP contribution >= 0.6 is 0 Å². The predicted molar refractivity (Wildman–Crippen MR) is 212 cm³/mol. The molecule has 0 spiro atoms. The van der Waals surface area contributed by atoms with Gasteiger partial charge in [-0.1, -0.05) is 6.92 Å². The maximum absolute atomic E-state index is 13.0. The molecule has 61 heavy (non-hydrogen) atoms. The maximum Gasteiger partial charge on any atom is 0.335 e. The third-order valence-electron chi connectivity index (χ3n) is 15.4. The Morgan fingerprint density at radius 1 is 0.869 bits per heavy atom. The number of nitro benzene ring substituents is 1. The van der Waals surface area contributed by atoms with Crippen LogP contribution in [-0.4, -0.2) is 137 Å². The zero-order valence-corrected chi connectivity index (χ0v) is 34.0. The van der Waals surface area contributed by atoms with Gasteiger partial charge in [0.1, 0.15) is 42.7 Å². The predicted octanol–water partition coefficient (Wildman–Crippen LogP) is 1.02. The van der Waals surface area contributed by atoms with Crippen molar-refractivity contribution in [2.75, 3.05) is 12.0 Å². The molecular weight excluding hydrogens is 802 g/mol. The van der Waals surface area contributed by atoms with E-state index in [1.54, 1.807) is 19.2 Å². The summed E-state index contributed by atoms with van der Waals surface area (Å²) in [5, 5.41) is 105. The Bertz CT molecular complexity index is 1970. The molecule has 0 bridgehead atoms. The summed E-state index contributed by atoms with van der Waals surface area (Å²) < 4.78 is 28.9. The summed E-state index contributed by atoms with van der Waals surface area (Å²) in [6, 6.07) is 8.98. The van der Waals surface area contributed by atoms with Gasteiger partial charge in [0.2, 0.25) is 0 Å². The first-order chi connectivity index (χ1) is 28.9. The Hall–Kier alpha value is -3.44. The molecule has 1 aromatic heterocycles. The summed E-state index contributed by atoms with van der Waals surface area (Å²) in [7, 11) is 0. The number of nitrogens with one attached hydrogen (secondary N) is 1. The molecule has 2 aliphatic heterocycles. The maximum atomic E-state index is 13.0. The first-order valence-electron chi connectivity index (χ1n) is 21.2. The number of hydrazone groups is 1. The Morgan fingerprint density at radius 2 is 1.57 bits per heavy atom. The average molecular weight is 860 g/mol. The summed E-state index contributed by atoms with van der Waals surface area (Å²) >= 11 is 0. The van der Waals surface area contributed by atoms with Crippen LogP contribution in [-0.2, 0) is 18.9 Å². The van der Waals surface area contributed by atoms with E-state index in [0.29, 0.717) is 50.6 Å². The fraction of sp³-hybridized carbons (Fsp3) is 0.714. The van der Waals surface area contributed by atoms with E-state index in [9.17, 15) is 55.8 Å². The second-order valence-corrected chi connectivity index (χ2v) is 18.3. The quantitative estimate of drug-likeness (QED) is 0.0697. The van der Waals surface area contributed by atoms with Crippen LogP contribution in [0, 0.1) is 32.8 Å². The van der Waals surface area contributed by atoms with Gasteiger partial charge in [-0.2, -0.15) is 5.10 Å². The molecule has 19 heteroatoms. The SMILES string of the molecule is CC1O[C@@H](O[C@H]2CC[C@]3(/C=N/Nc4ccc([N+](=O)[O-])cc4)[C@H]4CC[C@]5(C)[C@@H](c6ccc(=O)oc6)CC[C@]5(O)[C@@H]4CC[C@]3(O)C2)C(O)C(O)[C@H]1O[C@@H]1OC(CO)[C@@H](O)C(O)C1O. The summed E-state index contributed by atoms with van der Waals surface area (Å²) in [4.78, 5) is 22.6. The Balaban J connectivity index is 1.02. The van der Waals surface area contributed by atoms with Crippen molar-refractivity contribution in [3.05, 3.63) is 68.8 Å². The highest BCUT2D eigenvalue weighted by molar-refractivity contribution is 5.71. The average Bonchev–Trinajstić information content (AvgIpc) is 3.52. The van der Waals surface area contributed by atoms with Crippen LogP contribution in [0.1, 0.15) is 83.1 Å². The molecule has 336 valence electrons. The van der Waals surface area contributed by atoms with Gasteiger partial charge in [-0.3, -0.25) is 15.5 Å². The minimum absolute atomic E-state index is 0.0527. The van der Waals surface area contributed by atoms with E-state index < -0.39 is 107 Å². The molecule has 6 aliphatic rings. The lowest BCUT2D eigenvalue weighted by molar-refractivity contribution is -0.384. The van der Waals surface area contributed by atoms with E-state index in [2.05, 4.69) is 17.5 Å². The third kappa shape index (κ3) is 7.43. The molecule has 19 nitrogen and oxygen atoms in total. The molecule has 4 aliphatic carbocycles. The topological polar surface area (TPSA) is 296 Å². The minimum Gasteiger partial charge on any atom is -0.431 e. The van der Waals surface area contributed by atoms with E-state index >= 15 is 0 Å². The van der Waals surface area contributed by atoms with E-state index in [1.807, 2.05) is 0 Å². The number of non-ortho nitro benzene ring substituents is 1. The number of rotatable bonds is 10. The highest BCUT2D eigenvalue weighted by atomic mass is 16.7. The number of anilines is 1. The van der Waals surface area contributed by atoms with Crippen molar-refractivity contribution in [2.24, 2.45) is 27.8 Å². The second-order valence-electron chi connectivity index (χ2n) is 18.3. The van der Waals surface area contributed by atoms with Gasteiger partial charge in [0.25, 0.3) is 5.69 Å².